The molecule has 0 aliphatic carbocycles. The zero-order valence-electron chi connectivity index (χ0n) is 16.9. The van der Waals surface area contributed by atoms with Gasteiger partial charge in [-0.15, -0.1) is 0 Å². The molecule has 0 aliphatic heterocycles. The first kappa shape index (κ1) is 20.7. The lowest BCUT2D eigenvalue weighted by molar-refractivity contribution is -0.129. The van der Waals surface area contributed by atoms with Gasteiger partial charge in [-0.3, -0.25) is 4.79 Å². The van der Waals surface area contributed by atoms with E-state index in [0.717, 1.165) is 24.4 Å². The van der Waals surface area contributed by atoms with Gasteiger partial charge in [0.25, 0.3) is 5.91 Å². The zero-order valence-corrected chi connectivity index (χ0v) is 16.9. The van der Waals surface area contributed by atoms with E-state index in [4.69, 9.17) is 4.74 Å². The van der Waals surface area contributed by atoms with Crippen molar-refractivity contribution in [3.63, 3.8) is 0 Å². The van der Waals surface area contributed by atoms with Gasteiger partial charge in [-0.1, -0.05) is 37.3 Å². The van der Waals surface area contributed by atoms with Crippen molar-refractivity contribution < 1.29 is 14.3 Å². The molecule has 0 fully saturated rings. The number of carbonyl (C=O) groups is 2. The van der Waals surface area contributed by atoms with Gasteiger partial charge in [-0.25, -0.2) is 4.79 Å². The third-order valence-electron chi connectivity index (χ3n) is 5.05. The molecule has 0 spiro atoms. The van der Waals surface area contributed by atoms with Crippen molar-refractivity contribution in [2.45, 2.75) is 59.6 Å². The molecule has 0 aliphatic rings. The minimum atomic E-state index is -0.838. The fraction of sp³-hybridized carbons (Fsp3) is 0.455. The standard InChI is InChI=1S/C22H30N2O3/c1-6-18(19-11-9-8-10-12-19)14-23-21(25)17(5)27-22(26)20-13-15(3)24(7-2)16(20)4/h8-13,17-18H,6-7,14H2,1-5H3,(H,23,25)/t17-,18+/m1/s1. The Balaban J connectivity index is 1.94. The number of hydrogen-bond donors (Lipinski definition) is 1. The summed E-state index contributed by atoms with van der Waals surface area (Å²) in [6.45, 7) is 10.9. The van der Waals surface area contributed by atoms with Gasteiger partial charge in [-0.05, 0) is 45.7 Å². The van der Waals surface area contributed by atoms with Crippen LogP contribution in [0, 0.1) is 13.8 Å². The maximum Gasteiger partial charge on any atom is 0.340 e. The second-order valence-corrected chi connectivity index (χ2v) is 6.84. The fourth-order valence-corrected chi connectivity index (χ4v) is 3.36. The molecule has 27 heavy (non-hydrogen) atoms. The van der Waals surface area contributed by atoms with E-state index in [2.05, 4.69) is 24.4 Å². The first-order chi connectivity index (χ1) is 12.9. The molecule has 1 heterocycles. The van der Waals surface area contributed by atoms with Gasteiger partial charge in [0.2, 0.25) is 0 Å². The van der Waals surface area contributed by atoms with E-state index in [-0.39, 0.29) is 11.8 Å². The molecular weight excluding hydrogens is 340 g/mol. The number of ether oxygens (including phenoxy) is 1. The van der Waals surface area contributed by atoms with Crippen LogP contribution in [0.1, 0.15) is 60.4 Å². The van der Waals surface area contributed by atoms with E-state index in [9.17, 15) is 9.59 Å². The van der Waals surface area contributed by atoms with Crippen molar-refractivity contribution in [3.8, 4) is 0 Å². The quantitative estimate of drug-likeness (QED) is 0.715. The minimum Gasteiger partial charge on any atom is -0.449 e. The number of esters is 1. The van der Waals surface area contributed by atoms with Gasteiger partial charge in [0.05, 0.1) is 5.56 Å². The van der Waals surface area contributed by atoms with E-state index in [1.807, 2.05) is 49.6 Å². The number of nitrogens with one attached hydrogen (secondary N) is 1. The van der Waals surface area contributed by atoms with E-state index in [0.29, 0.717) is 12.1 Å². The summed E-state index contributed by atoms with van der Waals surface area (Å²) in [6.07, 6.45) is 0.0806. The van der Waals surface area contributed by atoms with Gasteiger partial charge in [-0.2, -0.15) is 0 Å². The lowest BCUT2D eigenvalue weighted by Crippen LogP contribution is -2.38. The van der Waals surface area contributed by atoms with E-state index >= 15 is 0 Å². The Morgan fingerprint density at radius 2 is 1.81 bits per heavy atom. The third kappa shape index (κ3) is 5.00. The van der Waals surface area contributed by atoms with Crippen LogP contribution >= 0.6 is 0 Å². The van der Waals surface area contributed by atoms with Gasteiger partial charge in [0, 0.05) is 30.4 Å². The predicted octanol–water partition coefficient (Wildman–Crippen LogP) is 3.98. The summed E-state index contributed by atoms with van der Waals surface area (Å²) >= 11 is 0. The molecule has 1 aromatic heterocycles. The molecule has 0 radical (unpaired) electrons. The maximum atomic E-state index is 12.5. The summed E-state index contributed by atoms with van der Waals surface area (Å²) in [4.78, 5) is 24.8. The average molecular weight is 370 g/mol. The molecule has 2 rings (SSSR count). The highest BCUT2D eigenvalue weighted by Gasteiger charge is 2.23. The van der Waals surface area contributed by atoms with Crippen molar-refractivity contribution in [2.24, 2.45) is 0 Å². The summed E-state index contributed by atoms with van der Waals surface area (Å²) in [5, 5.41) is 2.91. The van der Waals surface area contributed by atoms with Crippen molar-refractivity contribution in [2.75, 3.05) is 6.54 Å². The third-order valence-corrected chi connectivity index (χ3v) is 5.05. The van der Waals surface area contributed by atoms with Crippen LogP contribution in [0.4, 0.5) is 0 Å². The van der Waals surface area contributed by atoms with Crippen LogP contribution in [-0.2, 0) is 16.1 Å². The number of hydrogen-bond acceptors (Lipinski definition) is 3. The first-order valence-electron chi connectivity index (χ1n) is 9.59. The van der Waals surface area contributed by atoms with E-state index in [1.54, 1.807) is 6.92 Å². The Labute approximate surface area is 161 Å². The Kier molecular flexibility index (Phi) is 7.22. The van der Waals surface area contributed by atoms with Crippen molar-refractivity contribution in [1.29, 1.82) is 0 Å². The lowest BCUT2D eigenvalue weighted by atomic mass is 9.96. The lowest BCUT2D eigenvalue weighted by Gasteiger charge is -2.18. The molecule has 5 heteroatoms. The number of nitrogens with zero attached hydrogens (tertiary/aromatic N) is 1. The van der Waals surface area contributed by atoms with Crippen molar-refractivity contribution in [3.05, 3.63) is 58.9 Å². The monoisotopic (exact) mass is 370 g/mol. The molecular formula is C22H30N2O3. The highest BCUT2D eigenvalue weighted by Crippen LogP contribution is 2.19. The Morgan fingerprint density at radius 3 is 2.37 bits per heavy atom. The van der Waals surface area contributed by atoms with Crippen LogP contribution in [0.5, 0.6) is 0 Å². The highest BCUT2D eigenvalue weighted by molar-refractivity contribution is 5.93. The van der Waals surface area contributed by atoms with Gasteiger partial charge < -0.3 is 14.6 Å². The molecule has 0 bridgehead atoms. The van der Waals surface area contributed by atoms with Crippen LogP contribution in [0.25, 0.3) is 0 Å². The number of rotatable bonds is 8. The highest BCUT2D eigenvalue weighted by atomic mass is 16.5. The Morgan fingerprint density at radius 1 is 1.15 bits per heavy atom. The number of aryl methyl sites for hydroxylation is 1. The number of benzene rings is 1. The number of aromatic nitrogens is 1. The summed E-state index contributed by atoms with van der Waals surface area (Å²) in [5.41, 5.74) is 3.58. The van der Waals surface area contributed by atoms with Crippen molar-refractivity contribution >= 4 is 11.9 Å². The Bertz CT molecular complexity index is 780. The predicted molar refractivity (Wildman–Crippen MR) is 107 cm³/mol. The van der Waals surface area contributed by atoms with Crippen LogP contribution < -0.4 is 5.32 Å². The summed E-state index contributed by atoms with van der Waals surface area (Å²) in [6, 6.07) is 11.9. The average Bonchev–Trinajstić information content (AvgIpc) is 2.96. The SMILES string of the molecule is CC[C@@H](CNC(=O)[C@@H](C)OC(=O)c1cc(C)n(CC)c1C)c1ccccc1. The summed E-state index contributed by atoms with van der Waals surface area (Å²) in [5.74, 6) is -0.496. The summed E-state index contributed by atoms with van der Waals surface area (Å²) in [7, 11) is 0. The maximum absolute atomic E-state index is 12.5. The number of amides is 1. The second-order valence-electron chi connectivity index (χ2n) is 6.84. The van der Waals surface area contributed by atoms with Gasteiger partial charge >= 0.3 is 5.97 Å². The topological polar surface area (TPSA) is 60.3 Å². The molecule has 0 saturated carbocycles. The minimum absolute atomic E-state index is 0.238. The normalized spacial score (nSPS) is 13.1. The van der Waals surface area contributed by atoms with Crippen molar-refractivity contribution in [1.82, 2.24) is 9.88 Å². The van der Waals surface area contributed by atoms with E-state index < -0.39 is 12.1 Å². The van der Waals surface area contributed by atoms with E-state index in [1.165, 1.54) is 5.56 Å². The number of carbonyl (C=O) groups excluding carboxylic acids is 2. The second kappa shape index (κ2) is 9.40. The largest absolute Gasteiger partial charge is 0.449 e. The first-order valence-corrected chi connectivity index (χ1v) is 9.59. The van der Waals surface area contributed by atoms with Crippen LogP contribution in [0.15, 0.2) is 36.4 Å². The smallest absolute Gasteiger partial charge is 0.340 e. The van der Waals surface area contributed by atoms with Crippen LogP contribution in [-0.4, -0.2) is 29.1 Å². The molecule has 2 aromatic rings. The molecule has 146 valence electrons. The molecule has 1 N–H and O–H groups in total. The molecule has 5 nitrogen and oxygen atoms in total. The van der Waals surface area contributed by atoms with Crippen LogP contribution in [0.2, 0.25) is 0 Å². The fourth-order valence-electron chi connectivity index (χ4n) is 3.36. The van der Waals surface area contributed by atoms with Gasteiger partial charge in [0.15, 0.2) is 6.10 Å². The summed E-state index contributed by atoms with van der Waals surface area (Å²) < 4.78 is 7.45. The van der Waals surface area contributed by atoms with Crippen LogP contribution in [0.3, 0.4) is 0 Å². The zero-order chi connectivity index (χ0) is 20.0. The molecule has 2 atom stereocenters. The molecule has 0 saturated heterocycles. The molecule has 1 amide bonds. The van der Waals surface area contributed by atoms with Gasteiger partial charge in [0.1, 0.15) is 0 Å². The molecule has 1 aromatic carbocycles. The molecule has 0 unspecified atom stereocenters. The Hall–Kier alpha value is -2.56.